The van der Waals surface area contributed by atoms with Crippen molar-refractivity contribution >= 4 is 23.2 Å². The molecule has 0 bridgehead atoms. The summed E-state index contributed by atoms with van der Waals surface area (Å²) in [7, 11) is 0. The van der Waals surface area contributed by atoms with Gasteiger partial charge in [0.15, 0.2) is 5.82 Å². The zero-order valence-electron chi connectivity index (χ0n) is 14.1. The normalized spacial score (nSPS) is 10.6. The Hall–Kier alpha value is -3.51. The quantitative estimate of drug-likeness (QED) is 0.579. The van der Waals surface area contributed by atoms with E-state index in [0.29, 0.717) is 22.1 Å². The highest BCUT2D eigenvalue weighted by molar-refractivity contribution is 6.30. The van der Waals surface area contributed by atoms with Gasteiger partial charge in [0.1, 0.15) is 0 Å². The van der Waals surface area contributed by atoms with Gasteiger partial charge >= 0.3 is 0 Å². The molecule has 132 valence electrons. The average Bonchev–Trinajstić information content (AvgIpc) is 3.20. The van der Waals surface area contributed by atoms with E-state index in [1.807, 2.05) is 18.3 Å². The van der Waals surface area contributed by atoms with Crippen molar-refractivity contribution in [2.24, 2.45) is 0 Å². The van der Waals surface area contributed by atoms with Gasteiger partial charge in [-0.1, -0.05) is 11.6 Å². The highest BCUT2D eigenvalue weighted by atomic mass is 35.5. The second-order valence-electron chi connectivity index (χ2n) is 5.75. The molecule has 6 nitrogen and oxygen atoms in total. The van der Waals surface area contributed by atoms with Gasteiger partial charge in [0.25, 0.3) is 5.91 Å². The highest BCUT2D eigenvalue weighted by Crippen LogP contribution is 2.21. The molecule has 0 aliphatic rings. The lowest BCUT2D eigenvalue weighted by Gasteiger charge is -2.09. The maximum atomic E-state index is 12.7. The Morgan fingerprint density at radius 2 is 1.74 bits per heavy atom. The Kier molecular flexibility index (Phi) is 4.63. The number of benzene rings is 1. The highest BCUT2D eigenvalue weighted by Gasteiger charge is 2.15. The van der Waals surface area contributed by atoms with Crippen LogP contribution in [0.25, 0.3) is 16.9 Å². The molecule has 27 heavy (non-hydrogen) atoms. The van der Waals surface area contributed by atoms with Crippen LogP contribution in [-0.4, -0.2) is 25.7 Å². The van der Waals surface area contributed by atoms with Crippen LogP contribution in [0.1, 0.15) is 10.4 Å². The number of amides is 1. The standard InChI is InChI=1S/C20H14ClN5O/c21-16-3-5-17(6-4-16)25-20(27)18-2-1-9-23-19(18)26-13-15(12-24-26)14-7-10-22-11-8-14/h1-13H,(H,25,27). The van der Waals surface area contributed by atoms with Crippen molar-refractivity contribution in [3.05, 3.63) is 90.1 Å². The SMILES string of the molecule is O=C(Nc1ccc(Cl)cc1)c1cccnc1-n1cc(-c2ccncc2)cn1. The van der Waals surface area contributed by atoms with E-state index < -0.39 is 0 Å². The summed E-state index contributed by atoms with van der Waals surface area (Å²) in [5, 5.41) is 7.81. The molecule has 0 radical (unpaired) electrons. The van der Waals surface area contributed by atoms with Crippen molar-refractivity contribution in [2.75, 3.05) is 5.32 Å². The first-order valence-corrected chi connectivity index (χ1v) is 8.56. The van der Waals surface area contributed by atoms with Crippen molar-refractivity contribution < 1.29 is 4.79 Å². The fourth-order valence-corrected chi connectivity index (χ4v) is 2.75. The van der Waals surface area contributed by atoms with Crippen LogP contribution in [0, 0.1) is 0 Å². The number of hydrogen-bond acceptors (Lipinski definition) is 4. The van der Waals surface area contributed by atoms with Crippen LogP contribution in [0.3, 0.4) is 0 Å². The lowest BCUT2D eigenvalue weighted by Crippen LogP contribution is -2.16. The monoisotopic (exact) mass is 375 g/mol. The molecule has 3 aromatic heterocycles. The Balaban J connectivity index is 1.64. The number of hydrogen-bond donors (Lipinski definition) is 1. The molecule has 3 heterocycles. The minimum absolute atomic E-state index is 0.276. The van der Waals surface area contributed by atoms with E-state index in [1.54, 1.807) is 65.9 Å². The summed E-state index contributed by atoms with van der Waals surface area (Å²) in [6, 6.07) is 14.1. The summed E-state index contributed by atoms with van der Waals surface area (Å²) < 4.78 is 1.59. The summed E-state index contributed by atoms with van der Waals surface area (Å²) in [4.78, 5) is 21.1. The molecule has 1 N–H and O–H groups in total. The van der Waals surface area contributed by atoms with E-state index in [-0.39, 0.29) is 5.91 Å². The van der Waals surface area contributed by atoms with E-state index in [4.69, 9.17) is 11.6 Å². The number of nitrogens with zero attached hydrogens (tertiary/aromatic N) is 4. The largest absolute Gasteiger partial charge is 0.322 e. The molecule has 0 saturated heterocycles. The lowest BCUT2D eigenvalue weighted by atomic mass is 10.1. The summed E-state index contributed by atoms with van der Waals surface area (Å²) in [6.45, 7) is 0. The first kappa shape index (κ1) is 16.9. The summed E-state index contributed by atoms with van der Waals surface area (Å²) >= 11 is 5.89. The predicted octanol–water partition coefficient (Wildman–Crippen LogP) is 4.24. The topological polar surface area (TPSA) is 72.7 Å². The number of aromatic nitrogens is 4. The van der Waals surface area contributed by atoms with E-state index in [1.165, 1.54) is 0 Å². The zero-order chi connectivity index (χ0) is 18.6. The fraction of sp³-hybridized carbons (Fsp3) is 0. The number of rotatable bonds is 4. The molecular formula is C20H14ClN5O. The Bertz CT molecular complexity index is 1080. The third-order valence-corrected chi connectivity index (χ3v) is 4.20. The third-order valence-electron chi connectivity index (χ3n) is 3.95. The minimum Gasteiger partial charge on any atom is -0.322 e. The summed E-state index contributed by atoms with van der Waals surface area (Å²) in [5.41, 5.74) is 2.96. The number of carbonyl (C=O) groups is 1. The molecule has 0 fully saturated rings. The van der Waals surface area contributed by atoms with E-state index in [0.717, 1.165) is 11.1 Å². The van der Waals surface area contributed by atoms with Crippen LogP contribution in [0.5, 0.6) is 0 Å². The van der Waals surface area contributed by atoms with Crippen LogP contribution >= 0.6 is 11.6 Å². The molecule has 0 aliphatic carbocycles. The number of pyridine rings is 2. The van der Waals surface area contributed by atoms with Gasteiger partial charge < -0.3 is 5.32 Å². The average molecular weight is 376 g/mol. The summed E-state index contributed by atoms with van der Waals surface area (Å²) in [6.07, 6.45) is 8.63. The molecule has 4 rings (SSSR count). The van der Waals surface area contributed by atoms with Gasteiger partial charge in [0, 0.05) is 41.1 Å². The van der Waals surface area contributed by atoms with Crippen LogP contribution < -0.4 is 5.32 Å². The van der Waals surface area contributed by atoms with Gasteiger partial charge in [-0.05, 0) is 54.1 Å². The Morgan fingerprint density at radius 3 is 2.52 bits per heavy atom. The van der Waals surface area contributed by atoms with Gasteiger partial charge in [0.05, 0.1) is 11.8 Å². The van der Waals surface area contributed by atoms with Crippen LogP contribution in [-0.2, 0) is 0 Å². The van der Waals surface area contributed by atoms with E-state index in [2.05, 4.69) is 20.4 Å². The first-order chi connectivity index (χ1) is 13.2. The smallest absolute Gasteiger partial charge is 0.259 e. The van der Waals surface area contributed by atoms with E-state index >= 15 is 0 Å². The third kappa shape index (κ3) is 3.70. The van der Waals surface area contributed by atoms with Gasteiger partial charge in [-0.3, -0.25) is 9.78 Å². The predicted molar refractivity (Wildman–Crippen MR) is 104 cm³/mol. The molecule has 4 aromatic rings. The number of anilines is 1. The van der Waals surface area contributed by atoms with Crippen molar-refractivity contribution in [3.63, 3.8) is 0 Å². The van der Waals surface area contributed by atoms with Gasteiger partial charge in [-0.2, -0.15) is 5.10 Å². The second kappa shape index (κ2) is 7.39. The zero-order valence-corrected chi connectivity index (χ0v) is 14.8. The minimum atomic E-state index is -0.276. The van der Waals surface area contributed by atoms with Gasteiger partial charge in [-0.15, -0.1) is 0 Å². The van der Waals surface area contributed by atoms with Crippen LogP contribution in [0.2, 0.25) is 5.02 Å². The summed E-state index contributed by atoms with van der Waals surface area (Å²) in [5.74, 6) is 0.172. The van der Waals surface area contributed by atoms with Crippen LogP contribution in [0.15, 0.2) is 79.5 Å². The molecule has 0 aliphatic heterocycles. The number of halogens is 1. The molecule has 7 heteroatoms. The number of nitrogens with one attached hydrogen (secondary N) is 1. The molecule has 1 aromatic carbocycles. The molecule has 0 spiro atoms. The lowest BCUT2D eigenvalue weighted by molar-refractivity contribution is 0.102. The first-order valence-electron chi connectivity index (χ1n) is 8.18. The maximum absolute atomic E-state index is 12.7. The molecule has 1 amide bonds. The molecule has 0 saturated carbocycles. The molecular weight excluding hydrogens is 362 g/mol. The van der Waals surface area contributed by atoms with Crippen molar-refractivity contribution in [3.8, 4) is 16.9 Å². The second-order valence-corrected chi connectivity index (χ2v) is 6.18. The Morgan fingerprint density at radius 1 is 0.963 bits per heavy atom. The maximum Gasteiger partial charge on any atom is 0.259 e. The van der Waals surface area contributed by atoms with E-state index in [9.17, 15) is 4.79 Å². The number of carbonyl (C=O) groups excluding carboxylic acids is 1. The van der Waals surface area contributed by atoms with Crippen LogP contribution in [0.4, 0.5) is 5.69 Å². The van der Waals surface area contributed by atoms with Gasteiger partial charge in [0.2, 0.25) is 0 Å². The van der Waals surface area contributed by atoms with Crippen molar-refractivity contribution in [2.45, 2.75) is 0 Å². The fourth-order valence-electron chi connectivity index (χ4n) is 2.62. The van der Waals surface area contributed by atoms with Crippen molar-refractivity contribution in [1.82, 2.24) is 19.7 Å². The Labute approximate surface area is 160 Å². The van der Waals surface area contributed by atoms with Gasteiger partial charge in [-0.25, -0.2) is 9.67 Å². The molecule has 0 atom stereocenters. The molecule has 0 unspecified atom stereocenters. The van der Waals surface area contributed by atoms with Crippen molar-refractivity contribution in [1.29, 1.82) is 0 Å².